The third-order valence-corrected chi connectivity index (χ3v) is 2.86. The largest absolute Gasteiger partial charge is 0.310 e. The zero-order valence-corrected chi connectivity index (χ0v) is 11.1. The van der Waals surface area contributed by atoms with Crippen LogP contribution < -0.4 is 5.32 Å². The second-order valence-electron chi connectivity index (χ2n) is 4.89. The molecule has 0 bridgehead atoms. The molecule has 1 atom stereocenters. The van der Waals surface area contributed by atoms with Crippen molar-refractivity contribution in [2.45, 2.75) is 26.4 Å². The van der Waals surface area contributed by atoms with Crippen molar-refractivity contribution in [1.82, 2.24) is 20.0 Å². The minimum absolute atomic E-state index is 0.573. The van der Waals surface area contributed by atoms with Crippen LogP contribution in [-0.4, -0.2) is 41.4 Å². The Morgan fingerprint density at radius 2 is 2.12 bits per heavy atom. The lowest BCUT2D eigenvalue weighted by atomic mass is 10.0. The molecule has 1 aromatic rings. The lowest BCUT2D eigenvalue weighted by Crippen LogP contribution is -2.41. The molecule has 0 radical (unpaired) electrons. The van der Waals surface area contributed by atoms with Gasteiger partial charge >= 0.3 is 0 Å². The fraction of sp³-hybridized carbons (Fsp3) is 0.750. The number of rotatable bonds is 6. The summed E-state index contributed by atoms with van der Waals surface area (Å²) in [4.78, 5) is 2.27. The summed E-state index contributed by atoms with van der Waals surface area (Å²) in [5.41, 5.74) is 1.10. The number of hydrogen-bond donors (Lipinski definition) is 1. The third kappa shape index (κ3) is 3.94. The van der Waals surface area contributed by atoms with Gasteiger partial charge < -0.3 is 10.2 Å². The molecular formula is C12H24N4. The molecule has 1 N–H and O–H groups in total. The molecule has 0 saturated heterocycles. The van der Waals surface area contributed by atoms with E-state index >= 15 is 0 Å². The molecule has 0 aliphatic heterocycles. The average Bonchev–Trinajstić information content (AvgIpc) is 2.57. The molecule has 0 spiro atoms. The highest BCUT2D eigenvalue weighted by Gasteiger charge is 2.14. The van der Waals surface area contributed by atoms with Crippen molar-refractivity contribution >= 4 is 0 Å². The highest BCUT2D eigenvalue weighted by Crippen LogP contribution is 2.06. The smallest absolute Gasteiger partial charge is 0.0762 e. The van der Waals surface area contributed by atoms with Gasteiger partial charge in [0.15, 0.2) is 0 Å². The number of aryl methyl sites for hydroxylation is 1. The van der Waals surface area contributed by atoms with E-state index in [1.165, 1.54) is 0 Å². The van der Waals surface area contributed by atoms with Crippen LogP contribution in [0.4, 0.5) is 0 Å². The predicted molar refractivity (Wildman–Crippen MR) is 67.2 cm³/mol. The maximum Gasteiger partial charge on any atom is 0.0762 e. The third-order valence-electron chi connectivity index (χ3n) is 2.86. The van der Waals surface area contributed by atoms with Gasteiger partial charge in [0.1, 0.15) is 0 Å². The van der Waals surface area contributed by atoms with E-state index in [9.17, 15) is 0 Å². The Morgan fingerprint density at radius 3 is 2.56 bits per heavy atom. The second kappa shape index (κ2) is 6.01. The minimum Gasteiger partial charge on any atom is -0.310 e. The molecule has 0 aliphatic carbocycles. The van der Waals surface area contributed by atoms with Gasteiger partial charge in [0.2, 0.25) is 0 Å². The Morgan fingerprint density at radius 1 is 1.44 bits per heavy atom. The first-order chi connectivity index (χ1) is 7.50. The Labute approximate surface area is 98.6 Å². The molecular weight excluding hydrogens is 200 g/mol. The molecule has 16 heavy (non-hydrogen) atoms. The highest BCUT2D eigenvalue weighted by molar-refractivity contribution is 4.98. The van der Waals surface area contributed by atoms with Gasteiger partial charge in [0.05, 0.1) is 5.69 Å². The van der Waals surface area contributed by atoms with E-state index in [4.69, 9.17) is 0 Å². The summed E-state index contributed by atoms with van der Waals surface area (Å²) in [6.07, 6.45) is 1.98. The van der Waals surface area contributed by atoms with E-state index in [-0.39, 0.29) is 0 Å². The number of nitrogens with zero attached hydrogens (tertiary/aromatic N) is 3. The van der Waals surface area contributed by atoms with Crippen molar-refractivity contribution < 1.29 is 0 Å². The molecule has 0 amide bonds. The standard InChI is InChI=1S/C12H24N4/c1-10(2)12(15(3)4)9-13-8-11-6-7-16(5)14-11/h6-7,10,12-13H,8-9H2,1-5H3. The fourth-order valence-corrected chi connectivity index (χ4v) is 1.92. The minimum atomic E-state index is 0.573. The second-order valence-corrected chi connectivity index (χ2v) is 4.89. The summed E-state index contributed by atoms with van der Waals surface area (Å²) in [6, 6.07) is 2.62. The predicted octanol–water partition coefficient (Wildman–Crippen LogP) is 1.10. The van der Waals surface area contributed by atoms with Crippen LogP contribution in [0.5, 0.6) is 0 Å². The number of likely N-dealkylation sites (N-methyl/N-ethyl adjacent to an activating group) is 1. The van der Waals surface area contributed by atoms with Crippen molar-refractivity contribution in [3.05, 3.63) is 18.0 Å². The molecule has 0 fully saturated rings. The Hall–Kier alpha value is -0.870. The topological polar surface area (TPSA) is 33.1 Å². The van der Waals surface area contributed by atoms with E-state index in [1.807, 2.05) is 24.0 Å². The van der Waals surface area contributed by atoms with Crippen LogP contribution in [0.3, 0.4) is 0 Å². The molecule has 1 heterocycles. The van der Waals surface area contributed by atoms with Crippen LogP contribution in [0.25, 0.3) is 0 Å². The van der Waals surface area contributed by atoms with E-state index in [0.29, 0.717) is 12.0 Å². The molecule has 0 aromatic carbocycles. The van der Waals surface area contributed by atoms with Crippen molar-refractivity contribution in [3.8, 4) is 0 Å². The van der Waals surface area contributed by atoms with Gasteiger partial charge in [0, 0.05) is 32.4 Å². The molecule has 1 unspecified atom stereocenters. The van der Waals surface area contributed by atoms with Crippen LogP contribution in [-0.2, 0) is 13.6 Å². The van der Waals surface area contributed by atoms with Crippen LogP contribution in [0.1, 0.15) is 19.5 Å². The normalized spacial score (nSPS) is 13.7. The van der Waals surface area contributed by atoms with E-state index in [2.05, 4.69) is 43.3 Å². The van der Waals surface area contributed by atoms with Gasteiger partial charge in [-0.1, -0.05) is 13.8 Å². The lowest BCUT2D eigenvalue weighted by molar-refractivity contribution is 0.224. The van der Waals surface area contributed by atoms with Crippen molar-refractivity contribution in [2.75, 3.05) is 20.6 Å². The van der Waals surface area contributed by atoms with Gasteiger partial charge in [-0.2, -0.15) is 5.10 Å². The molecule has 0 aliphatic rings. The van der Waals surface area contributed by atoms with Crippen molar-refractivity contribution in [1.29, 1.82) is 0 Å². The number of aromatic nitrogens is 2. The van der Waals surface area contributed by atoms with Crippen LogP contribution in [0.2, 0.25) is 0 Å². The Balaban J connectivity index is 2.33. The fourth-order valence-electron chi connectivity index (χ4n) is 1.92. The van der Waals surface area contributed by atoms with Gasteiger partial charge in [-0.15, -0.1) is 0 Å². The first kappa shape index (κ1) is 13.2. The van der Waals surface area contributed by atoms with Crippen LogP contribution in [0, 0.1) is 5.92 Å². The summed E-state index contributed by atoms with van der Waals surface area (Å²) in [5, 5.41) is 7.80. The van der Waals surface area contributed by atoms with Gasteiger partial charge in [-0.25, -0.2) is 0 Å². The Kier molecular flexibility index (Phi) is 4.96. The average molecular weight is 224 g/mol. The molecule has 1 aromatic heterocycles. The van der Waals surface area contributed by atoms with Crippen molar-refractivity contribution in [3.63, 3.8) is 0 Å². The SMILES string of the molecule is CC(C)C(CNCc1ccn(C)n1)N(C)C. The Bertz CT molecular complexity index is 296. The molecule has 4 heteroatoms. The first-order valence-corrected chi connectivity index (χ1v) is 5.86. The van der Waals surface area contributed by atoms with E-state index in [1.54, 1.807) is 0 Å². The monoisotopic (exact) mass is 224 g/mol. The van der Waals surface area contributed by atoms with Crippen molar-refractivity contribution in [2.24, 2.45) is 13.0 Å². The van der Waals surface area contributed by atoms with E-state index in [0.717, 1.165) is 18.8 Å². The van der Waals surface area contributed by atoms with Gasteiger partial charge in [0.25, 0.3) is 0 Å². The number of hydrogen-bond acceptors (Lipinski definition) is 3. The molecule has 4 nitrogen and oxygen atoms in total. The summed E-state index contributed by atoms with van der Waals surface area (Å²) in [5.74, 6) is 0.659. The summed E-state index contributed by atoms with van der Waals surface area (Å²) in [6.45, 7) is 6.36. The van der Waals surface area contributed by atoms with E-state index < -0.39 is 0 Å². The number of nitrogens with one attached hydrogen (secondary N) is 1. The molecule has 0 saturated carbocycles. The van der Waals surface area contributed by atoms with Crippen LogP contribution >= 0.6 is 0 Å². The summed E-state index contributed by atoms with van der Waals surface area (Å²) < 4.78 is 1.84. The van der Waals surface area contributed by atoms with Crippen LogP contribution in [0.15, 0.2) is 12.3 Å². The summed E-state index contributed by atoms with van der Waals surface area (Å²) >= 11 is 0. The molecule has 92 valence electrons. The zero-order chi connectivity index (χ0) is 12.1. The van der Waals surface area contributed by atoms with Gasteiger partial charge in [-0.05, 0) is 26.1 Å². The maximum absolute atomic E-state index is 4.34. The van der Waals surface area contributed by atoms with Gasteiger partial charge in [-0.3, -0.25) is 4.68 Å². The zero-order valence-electron chi connectivity index (χ0n) is 11.1. The molecule has 1 rings (SSSR count). The first-order valence-electron chi connectivity index (χ1n) is 5.86. The highest BCUT2D eigenvalue weighted by atomic mass is 15.3. The maximum atomic E-state index is 4.34. The summed E-state index contributed by atoms with van der Waals surface area (Å²) in [7, 11) is 6.21. The quantitative estimate of drug-likeness (QED) is 0.785. The lowest BCUT2D eigenvalue weighted by Gasteiger charge is -2.28.